The van der Waals surface area contributed by atoms with Gasteiger partial charge in [0.2, 0.25) is 0 Å². The van der Waals surface area contributed by atoms with Crippen molar-refractivity contribution < 1.29 is 17.9 Å². The van der Waals surface area contributed by atoms with Crippen LogP contribution in [0.25, 0.3) is 0 Å². The summed E-state index contributed by atoms with van der Waals surface area (Å²) in [4.78, 5) is 12.4. The summed E-state index contributed by atoms with van der Waals surface area (Å²) in [6, 6.07) is 17.0. The molecule has 0 spiro atoms. The van der Waals surface area contributed by atoms with Gasteiger partial charge in [-0.05, 0) is 62.2 Å². The topological polar surface area (TPSA) is 84.5 Å². The van der Waals surface area contributed by atoms with E-state index in [0.717, 1.165) is 22.4 Å². The maximum Gasteiger partial charge on any atom is 0.263 e. The smallest absolute Gasteiger partial charge is 0.263 e. The van der Waals surface area contributed by atoms with Crippen LogP contribution in [0.1, 0.15) is 27.0 Å². The average Bonchev–Trinajstić information content (AvgIpc) is 2.74. The maximum absolute atomic E-state index is 12.9. The minimum Gasteiger partial charge on any atom is -0.491 e. The van der Waals surface area contributed by atoms with Crippen LogP contribution < -0.4 is 14.8 Å². The van der Waals surface area contributed by atoms with Gasteiger partial charge in [0.1, 0.15) is 17.3 Å². The van der Waals surface area contributed by atoms with Gasteiger partial charge in [-0.15, -0.1) is 0 Å². The van der Waals surface area contributed by atoms with Crippen molar-refractivity contribution in [3.63, 3.8) is 0 Å². The first-order valence-corrected chi connectivity index (χ1v) is 11.9. The van der Waals surface area contributed by atoms with E-state index in [-0.39, 0.29) is 28.6 Å². The summed E-state index contributed by atoms with van der Waals surface area (Å²) in [6.07, 6.45) is 0. The lowest BCUT2D eigenvalue weighted by molar-refractivity contribution is 0.0946. The highest BCUT2D eigenvalue weighted by molar-refractivity contribution is 7.92. The number of anilines is 1. The molecule has 0 atom stereocenters. The highest BCUT2D eigenvalue weighted by Gasteiger charge is 2.21. The summed E-state index contributed by atoms with van der Waals surface area (Å²) in [7, 11) is -3.98. The summed E-state index contributed by atoms with van der Waals surface area (Å²) in [5.41, 5.74) is 3.57. The average molecular weight is 473 g/mol. The van der Waals surface area contributed by atoms with Crippen molar-refractivity contribution in [2.75, 3.05) is 17.9 Å². The molecule has 168 valence electrons. The predicted molar refractivity (Wildman–Crippen MR) is 127 cm³/mol. The summed E-state index contributed by atoms with van der Waals surface area (Å²) in [6.45, 7) is 6.31. The van der Waals surface area contributed by atoms with E-state index < -0.39 is 15.9 Å². The molecule has 8 heteroatoms. The van der Waals surface area contributed by atoms with Crippen LogP contribution in [0.5, 0.6) is 5.75 Å². The number of para-hydroxylation sites is 1. The molecule has 0 saturated carbocycles. The van der Waals surface area contributed by atoms with Gasteiger partial charge in [0, 0.05) is 5.56 Å². The lowest BCUT2D eigenvalue weighted by Gasteiger charge is -2.13. The van der Waals surface area contributed by atoms with Crippen LogP contribution >= 0.6 is 11.6 Å². The molecule has 0 bridgehead atoms. The fraction of sp³-hybridized carbons (Fsp3) is 0.208. The second-order valence-corrected chi connectivity index (χ2v) is 9.50. The number of halogens is 1. The van der Waals surface area contributed by atoms with E-state index in [1.807, 2.05) is 38.1 Å². The summed E-state index contributed by atoms with van der Waals surface area (Å²) >= 11 is 6.14. The predicted octanol–water partition coefficient (Wildman–Crippen LogP) is 4.87. The second-order valence-electron chi connectivity index (χ2n) is 7.44. The lowest BCUT2D eigenvalue weighted by atomic mass is 10.1. The second kappa shape index (κ2) is 10.1. The largest absolute Gasteiger partial charge is 0.491 e. The Morgan fingerprint density at radius 1 is 0.969 bits per heavy atom. The molecule has 3 rings (SSSR count). The fourth-order valence-corrected chi connectivity index (χ4v) is 4.78. The number of amides is 1. The molecule has 0 radical (unpaired) electrons. The molecular formula is C24H25ClN2O4S. The van der Waals surface area contributed by atoms with Crippen LogP contribution in [-0.2, 0) is 10.0 Å². The van der Waals surface area contributed by atoms with Crippen molar-refractivity contribution in [1.82, 2.24) is 5.32 Å². The molecule has 3 aromatic rings. The van der Waals surface area contributed by atoms with Gasteiger partial charge >= 0.3 is 0 Å². The zero-order valence-corrected chi connectivity index (χ0v) is 19.7. The Labute approximate surface area is 193 Å². The van der Waals surface area contributed by atoms with Gasteiger partial charge in [0.05, 0.1) is 17.3 Å². The van der Waals surface area contributed by atoms with Crippen LogP contribution in [0.2, 0.25) is 5.02 Å². The molecule has 0 aliphatic rings. The van der Waals surface area contributed by atoms with E-state index in [1.165, 1.54) is 18.2 Å². The molecule has 3 aromatic carbocycles. The SMILES string of the molecule is Cc1ccc(OCCNC(=O)c2ccc(Cl)c(S(=O)(=O)Nc3ccccc3C)c2)c(C)c1. The number of benzene rings is 3. The van der Waals surface area contributed by atoms with Gasteiger partial charge in [0.15, 0.2) is 0 Å². The number of sulfonamides is 1. The van der Waals surface area contributed by atoms with Crippen molar-refractivity contribution in [2.24, 2.45) is 0 Å². The van der Waals surface area contributed by atoms with Gasteiger partial charge in [-0.25, -0.2) is 8.42 Å². The number of ether oxygens (including phenoxy) is 1. The first-order valence-electron chi connectivity index (χ1n) is 10.0. The monoisotopic (exact) mass is 472 g/mol. The summed E-state index contributed by atoms with van der Waals surface area (Å²) in [5, 5.41) is 2.76. The van der Waals surface area contributed by atoms with Gasteiger partial charge in [-0.2, -0.15) is 0 Å². The third-order valence-corrected chi connectivity index (χ3v) is 6.69. The summed E-state index contributed by atoms with van der Waals surface area (Å²) < 4.78 is 34.0. The minimum atomic E-state index is -3.98. The van der Waals surface area contributed by atoms with Gasteiger partial charge in [-0.3, -0.25) is 9.52 Å². The third-order valence-electron chi connectivity index (χ3n) is 4.85. The molecule has 0 heterocycles. The number of hydrogen-bond donors (Lipinski definition) is 2. The Balaban J connectivity index is 1.66. The molecule has 0 fully saturated rings. The quantitative estimate of drug-likeness (QED) is 0.458. The van der Waals surface area contributed by atoms with E-state index >= 15 is 0 Å². The molecule has 0 aliphatic heterocycles. The number of carbonyl (C=O) groups excluding carboxylic acids is 1. The van der Waals surface area contributed by atoms with Crippen LogP contribution in [0.3, 0.4) is 0 Å². The van der Waals surface area contributed by atoms with E-state index in [4.69, 9.17) is 16.3 Å². The van der Waals surface area contributed by atoms with Crippen molar-refractivity contribution in [3.05, 3.63) is 87.9 Å². The van der Waals surface area contributed by atoms with Crippen molar-refractivity contribution in [1.29, 1.82) is 0 Å². The van der Waals surface area contributed by atoms with Crippen LogP contribution in [-0.4, -0.2) is 27.5 Å². The number of hydrogen-bond acceptors (Lipinski definition) is 4. The lowest BCUT2D eigenvalue weighted by Crippen LogP contribution is -2.28. The maximum atomic E-state index is 12.9. The van der Waals surface area contributed by atoms with Crippen molar-refractivity contribution in [3.8, 4) is 5.75 Å². The minimum absolute atomic E-state index is 0.0285. The molecule has 0 aromatic heterocycles. The van der Waals surface area contributed by atoms with E-state index in [9.17, 15) is 13.2 Å². The molecule has 0 unspecified atom stereocenters. The van der Waals surface area contributed by atoms with Gasteiger partial charge < -0.3 is 10.1 Å². The molecule has 0 saturated heterocycles. The van der Waals surface area contributed by atoms with Crippen LogP contribution in [0.15, 0.2) is 65.6 Å². The molecule has 6 nitrogen and oxygen atoms in total. The van der Waals surface area contributed by atoms with E-state index in [1.54, 1.807) is 25.1 Å². The number of carbonyl (C=O) groups is 1. The first-order chi connectivity index (χ1) is 15.2. The molecule has 1 amide bonds. The third kappa shape index (κ3) is 5.81. The van der Waals surface area contributed by atoms with Crippen molar-refractivity contribution >= 4 is 33.2 Å². The Morgan fingerprint density at radius 2 is 1.72 bits per heavy atom. The molecule has 32 heavy (non-hydrogen) atoms. The normalized spacial score (nSPS) is 11.1. The molecule has 0 aliphatic carbocycles. The standard InChI is InChI=1S/C24H25ClN2O4S/c1-16-8-11-22(18(3)14-16)31-13-12-26-24(28)19-9-10-20(25)23(15-19)32(29,30)27-21-7-5-4-6-17(21)2/h4-11,14-15,27H,12-13H2,1-3H3,(H,26,28). The Kier molecular flexibility index (Phi) is 7.43. The molecule has 2 N–H and O–H groups in total. The van der Waals surface area contributed by atoms with Crippen molar-refractivity contribution in [2.45, 2.75) is 25.7 Å². The van der Waals surface area contributed by atoms with E-state index in [0.29, 0.717) is 5.69 Å². The van der Waals surface area contributed by atoms with Gasteiger partial charge in [-0.1, -0.05) is 47.5 Å². The Hall–Kier alpha value is -3.03. The Morgan fingerprint density at radius 3 is 2.44 bits per heavy atom. The van der Waals surface area contributed by atoms with Crippen LogP contribution in [0.4, 0.5) is 5.69 Å². The highest BCUT2D eigenvalue weighted by Crippen LogP contribution is 2.26. The highest BCUT2D eigenvalue weighted by atomic mass is 35.5. The Bertz CT molecular complexity index is 1240. The zero-order chi connectivity index (χ0) is 23.3. The zero-order valence-electron chi connectivity index (χ0n) is 18.1. The van der Waals surface area contributed by atoms with Crippen LogP contribution in [0, 0.1) is 20.8 Å². The number of nitrogens with one attached hydrogen (secondary N) is 2. The first kappa shape index (κ1) is 23.6. The number of rotatable bonds is 8. The van der Waals surface area contributed by atoms with Gasteiger partial charge in [0.25, 0.3) is 15.9 Å². The summed E-state index contributed by atoms with van der Waals surface area (Å²) in [5.74, 6) is 0.338. The molecular weight excluding hydrogens is 448 g/mol. The fourth-order valence-electron chi connectivity index (χ4n) is 3.13. The van der Waals surface area contributed by atoms with E-state index in [2.05, 4.69) is 10.0 Å². The number of aryl methyl sites for hydroxylation is 3.